The minimum absolute atomic E-state index is 0.129. The Morgan fingerprint density at radius 1 is 1.44 bits per heavy atom. The average Bonchev–Trinajstić information content (AvgIpc) is 2.35. The molecule has 1 aliphatic rings. The Kier molecular flexibility index (Phi) is 4.37. The van der Waals surface area contributed by atoms with Gasteiger partial charge in [-0.05, 0) is 36.9 Å². The van der Waals surface area contributed by atoms with Crippen LogP contribution in [-0.2, 0) is 11.2 Å². The molecule has 1 aromatic rings. The Hall–Kier alpha value is -1.35. The Labute approximate surface area is 109 Å². The topological polar surface area (TPSA) is 41.1 Å². The standard InChI is InChI=1S/C15H22N2O/c1-11-5-3-4-6-13(11)9-15(18)17-14-10-16-8-7-12(14)2/h3-6,12,14,16H,7-10H2,1-2H3,(H,17,18)/t12-,14+/m0/s1. The van der Waals surface area contributed by atoms with E-state index < -0.39 is 0 Å². The molecule has 2 rings (SSSR count). The van der Waals surface area contributed by atoms with Crippen LogP contribution in [0.3, 0.4) is 0 Å². The monoisotopic (exact) mass is 246 g/mol. The van der Waals surface area contributed by atoms with E-state index in [1.807, 2.05) is 31.2 Å². The van der Waals surface area contributed by atoms with Crippen LogP contribution >= 0.6 is 0 Å². The van der Waals surface area contributed by atoms with Gasteiger partial charge in [-0.2, -0.15) is 0 Å². The Morgan fingerprint density at radius 3 is 2.94 bits per heavy atom. The highest BCUT2D eigenvalue weighted by atomic mass is 16.1. The van der Waals surface area contributed by atoms with Crippen LogP contribution in [0.1, 0.15) is 24.5 Å². The summed E-state index contributed by atoms with van der Waals surface area (Å²) in [6, 6.07) is 8.34. The summed E-state index contributed by atoms with van der Waals surface area (Å²) in [6.07, 6.45) is 1.62. The summed E-state index contributed by atoms with van der Waals surface area (Å²) in [5.74, 6) is 0.692. The van der Waals surface area contributed by atoms with E-state index in [1.165, 1.54) is 5.56 Å². The third-order valence-electron chi connectivity index (χ3n) is 3.79. The van der Waals surface area contributed by atoms with Crippen molar-refractivity contribution in [2.24, 2.45) is 5.92 Å². The second kappa shape index (κ2) is 6.01. The second-order valence-corrected chi connectivity index (χ2v) is 5.25. The maximum atomic E-state index is 12.0. The summed E-state index contributed by atoms with van der Waals surface area (Å²) in [5.41, 5.74) is 2.30. The molecule has 3 heteroatoms. The highest BCUT2D eigenvalue weighted by molar-refractivity contribution is 5.79. The molecule has 0 saturated carbocycles. The lowest BCUT2D eigenvalue weighted by Crippen LogP contribution is -2.50. The first-order valence-corrected chi connectivity index (χ1v) is 6.71. The molecule has 0 aromatic heterocycles. The number of amides is 1. The van der Waals surface area contributed by atoms with Crippen molar-refractivity contribution in [3.05, 3.63) is 35.4 Å². The van der Waals surface area contributed by atoms with Crippen molar-refractivity contribution in [1.82, 2.24) is 10.6 Å². The lowest BCUT2D eigenvalue weighted by molar-refractivity contribution is -0.121. The predicted molar refractivity (Wildman–Crippen MR) is 73.5 cm³/mol. The van der Waals surface area contributed by atoms with Crippen LogP contribution in [0.5, 0.6) is 0 Å². The van der Waals surface area contributed by atoms with E-state index in [0.717, 1.165) is 25.1 Å². The van der Waals surface area contributed by atoms with Gasteiger partial charge in [0.2, 0.25) is 5.91 Å². The predicted octanol–water partition coefficient (Wildman–Crippen LogP) is 1.65. The van der Waals surface area contributed by atoms with Crippen LogP contribution in [0.2, 0.25) is 0 Å². The number of aryl methyl sites for hydroxylation is 1. The number of nitrogens with one attached hydrogen (secondary N) is 2. The zero-order valence-corrected chi connectivity index (χ0v) is 11.2. The Balaban J connectivity index is 1.90. The zero-order chi connectivity index (χ0) is 13.0. The number of benzene rings is 1. The zero-order valence-electron chi connectivity index (χ0n) is 11.2. The summed E-state index contributed by atoms with van der Waals surface area (Å²) in [6.45, 7) is 6.21. The molecule has 0 spiro atoms. The van der Waals surface area contributed by atoms with Gasteiger partial charge in [-0.15, -0.1) is 0 Å². The summed E-state index contributed by atoms with van der Waals surface area (Å²) in [7, 11) is 0. The van der Waals surface area contributed by atoms with Crippen molar-refractivity contribution < 1.29 is 4.79 Å². The van der Waals surface area contributed by atoms with Gasteiger partial charge in [-0.25, -0.2) is 0 Å². The van der Waals surface area contributed by atoms with Crippen LogP contribution in [0.15, 0.2) is 24.3 Å². The van der Waals surface area contributed by atoms with Gasteiger partial charge in [0.1, 0.15) is 0 Å². The second-order valence-electron chi connectivity index (χ2n) is 5.25. The van der Waals surface area contributed by atoms with Crippen molar-refractivity contribution in [3.63, 3.8) is 0 Å². The van der Waals surface area contributed by atoms with Gasteiger partial charge in [-0.1, -0.05) is 31.2 Å². The van der Waals surface area contributed by atoms with E-state index in [4.69, 9.17) is 0 Å². The highest BCUT2D eigenvalue weighted by Gasteiger charge is 2.22. The van der Waals surface area contributed by atoms with E-state index in [9.17, 15) is 4.79 Å². The third kappa shape index (κ3) is 3.33. The van der Waals surface area contributed by atoms with E-state index in [2.05, 4.69) is 17.6 Å². The molecule has 0 aliphatic carbocycles. The van der Waals surface area contributed by atoms with Crippen LogP contribution < -0.4 is 10.6 Å². The first-order chi connectivity index (χ1) is 8.66. The van der Waals surface area contributed by atoms with E-state index in [1.54, 1.807) is 0 Å². The molecule has 3 nitrogen and oxygen atoms in total. The summed E-state index contributed by atoms with van der Waals surface area (Å²) >= 11 is 0. The van der Waals surface area contributed by atoms with Gasteiger partial charge in [0.15, 0.2) is 0 Å². The SMILES string of the molecule is Cc1ccccc1CC(=O)N[C@@H]1CNCC[C@@H]1C. The molecular weight excluding hydrogens is 224 g/mol. The fourth-order valence-corrected chi connectivity index (χ4v) is 2.42. The number of piperidine rings is 1. The van der Waals surface area contributed by atoms with Gasteiger partial charge in [0.05, 0.1) is 6.42 Å². The molecule has 2 atom stereocenters. The molecule has 18 heavy (non-hydrogen) atoms. The average molecular weight is 246 g/mol. The van der Waals surface area contributed by atoms with Crippen LogP contribution in [-0.4, -0.2) is 25.0 Å². The van der Waals surface area contributed by atoms with Crippen molar-refractivity contribution in [1.29, 1.82) is 0 Å². The molecule has 1 saturated heterocycles. The molecule has 0 unspecified atom stereocenters. The van der Waals surface area contributed by atoms with E-state index >= 15 is 0 Å². The minimum Gasteiger partial charge on any atom is -0.352 e. The molecular formula is C15H22N2O. The molecule has 0 bridgehead atoms. The maximum absolute atomic E-state index is 12.0. The van der Waals surface area contributed by atoms with Crippen LogP contribution in [0.25, 0.3) is 0 Å². The molecule has 1 heterocycles. The molecule has 1 fully saturated rings. The fourth-order valence-electron chi connectivity index (χ4n) is 2.42. The molecule has 1 amide bonds. The lowest BCUT2D eigenvalue weighted by atomic mass is 9.94. The van der Waals surface area contributed by atoms with E-state index in [0.29, 0.717) is 12.3 Å². The van der Waals surface area contributed by atoms with Crippen molar-refractivity contribution in [3.8, 4) is 0 Å². The first kappa shape index (κ1) is 13.1. The third-order valence-corrected chi connectivity index (χ3v) is 3.79. The van der Waals surface area contributed by atoms with Gasteiger partial charge in [-0.3, -0.25) is 4.79 Å². The first-order valence-electron chi connectivity index (χ1n) is 6.71. The Morgan fingerprint density at radius 2 is 2.22 bits per heavy atom. The normalized spacial score (nSPS) is 23.7. The van der Waals surface area contributed by atoms with Crippen molar-refractivity contribution in [2.45, 2.75) is 32.7 Å². The molecule has 1 aliphatic heterocycles. The number of rotatable bonds is 3. The van der Waals surface area contributed by atoms with Crippen LogP contribution in [0, 0.1) is 12.8 Å². The highest BCUT2D eigenvalue weighted by Crippen LogP contribution is 2.12. The number of hydrogen-bond donors (Lipinski definition) is 2. The Bertz CT molecular complexity index is 417. The summed E-state index contributed by atoms with van der Waals surface area (Å²) in [5, 5.41) is 6.47. The number of carbonyl (C=O) groups is 1. The smallest absolute Gasteiger partial charge is 0.224 e. The number of carbonyl (C=O) groups excluding carboxylic acids is 1. The molecule has 0 radical (unpaired) electrons. The fraction of sp³-hybridized carbons (Fsp3) is 0.533. The van der Waals surface area contributed by atoms with Crippen molar-refractivity contribution >= 4 is 5.91 Å². The minimum atomic E-state index is 0.129. The van der Waals surface area contributed by atoms with Crippen molar-refractivity contribution in [2.75, 3.05) is 13.1 Å². The van der Waals surface area contributed by atoms with Gasteiger partial charge >= 0.3 is 0 Å². The van der Waals surface area contributed by atoms with Gasteiger partial charge in [0, 0.05) is 12.6 Å². The lowest BCUT2D eigenvalue weighted by Gasteiger charge is -2.30. The largest absolute Gasteiger partial charge is 0.352 e. The quantitative estimate of drug-likeness (QED) is 0.851. The van der Waals surface area contributed by atoms with Gasteiger partial charge in [0.25, 0.3) is 0 Å². The van der Waals surface area contributed by atoms with Crippen LogP contribution in [0.4, 0.5) is 0 Å². The molecule has 98 valence electrons. The summed E-state index contributed by atoms with van der Waals surface area (Å²) < 4.78 is 0. The maximum Gasteiger partial charge on any atom is 0.224 e. The van der Waals surface area contributed by atoms with Gasteiger partial charge < -0.3 is 10.6 Å². The molecule has 1 aromatic carbocycles. The number of hydrogen-bond acceptors (Lipinski definition) is 2. The van der Waals surface area contributed by atoms with E-state index in [-0.39, 0.29) is 11.9 Å². The molecule has 2 N–H and O–H groups in total. The summed E-state index contributed by atoms with van der Waals surface area (Å²) in [4.78, 5) is 12.0.